The topological polar surface area (TPSA) is 64.2 Å². The number of aromatic nitrogens is 2. The van der Waals surface area contributed by atoms with Gasteiger partial charge >= 0.3 is 6.18 Å². The van der Waals surface area contributed by atoms with Crippen LogP contribution in [0.4, 0.5) is 13.2 Å². The van der Waals surface area contributed by atoms with Crippen LogP contribution in [0, 0.1) is 5.92 Å². The summed E-state index contributed by atoms with van der Waals surface area (Å²) in [4.78, 5) is 18.0. The summed E-state index contributed by atoms with van der Waals surface area (Å²) in [6.07, 6.45) is -1.91. The molecule has 0 spiro atoms. The van der Waals surface area contributed by atoms with E-state index in [1.54, 1.807) is 16.0 Å². The van der Waals surface area contributed by atoms with Crippen molar-refractivity contribution in [3.8, 4) is 0 Å². The molecule has 0 aliphatic carbocycles. The molecule has 1 atom stereocenters. The molecule has 0 saturated heterocycles. The molecule has 2 aromatic heterocycles. The maximum atomic E-state index is 12.8. The average Bonchev–Trinajstić information content (AvgIpc) is 3.12. The maximum Gasteiger partial charge on any atom is 0.434 e. The van der Waals surface area contributed by atoms with E-state index in [2.05, 4.69) is 9.88 Å². The van der Waals surface area contributed by atoms with Crippen LogP contribution in [0.3, 0.4) is 0 Å². The molecule has 5 nitrogen and oxygen atoms in total. The first-order valence-corrected chi connectivity index (χ1v) is 8.79. The zero-order valence-corrected chi connectivity index (χ0v) is 14.5. The molecule has 1 aliphatic heterocycles. The molecule has 9 heteroatoms. The number of carbonyl (C=O) groups excluding carboxylic acids is 1. The van der Waals surface area contributed by atoms with Gasteiger partial charge in [-0.2, -0.15) is 13.2 Å². The second-order valence-electron chi connectivity index (χ2n) is 6.46. The van der Waals surface area contributed by atoms with E-state index in [1.165, 1.54) is 11.3 Å². The number of halogens is 3. The van der Waals surface area contributed by atoms with Crippen LogP contribution in [0.15, 0.2) is 17.6 Å². The van der Waals surface area contributed by atoms with Crippen molar-refractivity contribution in [2.24, 2.45) is 11.7 Å². The molecular formula is C16H19F3N4OS. The van der Waals surface area contributed by atoms with Gasteiger partial charge in [-0.25, -0.2) is 4.98 Å². The Morgan fingerprint density at radius 3 is 2.92 bits per heavy atom. The molecule has 0 aromatic carbocycles. The van der Waals surface area contributed by atoms with Crippen molar-refractivity contribution in [2.75, 3.05) is 13.6 Å². The van der Waals surface area contributed by atoms with Gasteiger partial charge in [0.1, 0.15) is 5.82 Å². The van der Waals surface area contributed by atoms with E-state index in [0.29, 0.717) is 30.9 Å². The van der Waals surface area contributed by atoms with Gasteiger partial charge in [-0.05, 0) is 25.5 Å². The minimum atomic E-state index is -4.39. The first-order valence-electron chi connectivity index (χ1n) is 7.91. The van der Waals surface area contributed by atoms with Crippen molar-refractivity contribution in [3.05, 3.63) is 39.6 Å². The SMILES string of the molecule is CN(Cc1cc(C(N)=O)cs1)C[C@H]1CCc2nc(C(F)(F)F)cn2C1. The van der Waals surface area contributed by atoms with Gasteiger partial charge in [0.15, 0.2) is 5.69 Å². The molecule has 3 rings (SSSR count). The van der Waals surface area contributed by atoms with Crippen molar-refractivity contribution in [2.45, 2.75) is 32.1 Å². The number of amides is 1. The number of primary amides is 1. The monoisotopic (exact) mass is 372 g/mol. The second-order valence-corrected chi connectivity index (χ2v) is 7.46. The number of fused-ring (bicyclic) bond motifs is 1. The fourth-order valence-corrected chi connectivity index (χ4v) is 4.12. The minimum Gasteiger partial charge on any atom is -0.366 e. The summed E-state index contributed by atoms with van der Waals surface area (Å²) in [5.41, 5.74) is 4.95. The number of hydrogen-bond acceptors (Lipinski definition) is 4. The zero-order valence-electron chi connectivity index (χ0n) is 13.7. The Morgan fingerprint density at radius 2 is 2.28 bits per heavy atom. The molecule has 0 saturated carbocycles. The molecule has 1 amide bonds. The van der Waals surface area contributed by atoms with Crippen molar-refractivity contribution in [3.63, 3.8) is 0 Å². The fourth-order valence-electron chi connectivity index (χ4n) is 3.16. The van der Waals surface area contributed by atoms with E-state index in [4.69, 9.17) is 5.73 Å². The highest BCUT2D eigenvalue weighted by atomic mass is 32.1. The van der Waals surface area contributed by atoms with E-state index in [-0.39, 0.29) is 5.92 Å². The van der Waals surface area contributed by atoms with E-state index in [9.17, 15) is 18.0 Å². The number of hydrogen-bond donors (Lipinski definition) is 1. The normalized spacial score (nSPS) is 17.7. The molecule has 0 bridgehead atoms. The highest BCUT2D eigenvalue weighted by Gasteiger charge is 2.35. The average molecular weight is 372 g/mol. The summed E-state index contributed by atoms with van der Waals surface area (Å²) >= 11 is 1.48. The lowest BCUT2D eigenvalue weighted by Gasteiger charge is -2.27. The first kappa shape index (κ1) is 17.9. The molecular weight excluding hydrogens is 353 g/mol. The number of rotatable bonds is 5. The number of alkyl halides is 3. The lowest BCUT2D eigenvalue weighted by molar-refractivity contribution is -0.141. The van der Waals surface area contributed by atoms with Crippen molar-refractivity contribution in [1.82, 2.24) is 14.5 Å². The molecule has 136 valence electrons. The van der Waals surface area contributed by atoms with Crippen LogP contribution in [0.1, 0.15) is 33.2 Å². The van der Waals surface area contributed by atoms with E-state index < -0.39 is 17.8 Å². The van der Waals surface area contributed by atoms with E-state index in [0.717, 1.165) is 24.0 Å². The summed E-state index contributed by atoms with van der Waals surface area (Å²) in [7, 11) is 1.97. The summed E-state index contributed by atoms with van der Waals surface area (Å²) in [6, 6.07) is 1.79. The van der Waals surface area contributed by atoms with Crippen molar-refractivity contribution >= 4 is 17.2 Å². The van der Waals surface area contributed by atoms with Gasteiger partial charge in [-0.1, -0.05) is 0 Å². The number of nitrogens with zero attached hydrogens (tertiary/aromatic N) is 3. The lowest BCUT2D eigenvalue weighted by Crippen LogP contribution is -2.31. The Hall–Kier alpha value is -1.87. The molecule has 25 heavy (non-hydrogen) atoms. The van der Waals surface area contributed by atoms with E-state index in [1.807, 2.05) is 7.05 Å². The minimum absolute atomic E-state index is 0.267. The summed E-state index contributed by atoms with van der Waals surface area (Å²) < 4.78 is 39.9. The highest BCUT2D eigenvalue weighted by Crippen LogP contribution is 2.31. The van der Waals surface area contributed by atoms with E-state index >= 15 is 0 Å². The number of aryl methyl sites for hydroxylation is 1. The number of carbonyl (C=O) groups is 1. The standard InChI is InChI=1S/C16H19F3N4OS/c1-22(7-12-4-11(9-25-12)15(20)24)5-10-2-3-14-21-13(16(17,18)19)8-23(14)6-10/h4,8-10H,2-3,5-7H2,1H3,(H2,20,24)/t10-/m1/s1. The third kappa shape index (κ3) is 4.21. The molecule has 1 aliphatic rings. The van der Waals surface area contributed by atoms with Crippen molar-refractivity contribution < 1.29 is 18.0 Å². The smallest absolute Gasteiger partial charge is 0.366 e. The van der Waals surface area contributed by atoms with Crippen LogP contribution in [0.25, 0.3) is 0 Å². The largest absolute Gasteiger partial charge is 0.434 e. The predicted octanol–water partition coefficient (Wildman–Crippen LogP) is 2.76. The predicted molar refractivity (Wildman–Crippen MR) is 88.2 cm³/mol. The molecule has 0 radical (unpaired) electrons. The zero-order chi connectivity index (χ0) is 18.2. The second kappa shape index (κ2) is 6.80. The van der Waals surface area contributed by atoms with Gasteiger partial charge in [0.2, 0.25) is 5.91 Å². The summed E-state index contributed by atoms with van der Waals surface area (Å²) in [5, 5.41) is 1.74. The lowest BCUT2D eigenvalue weighted by atomic mass is 9.99. The highest BCUT2D eigenvalue weighted by molar-refractivity contribution is 7.10. The van der Waals surface area contributed by atoms with Crippen LogP contribution >= 0.6 is 11.3 Å². The number of thiophene rings is 1. The van der Waals surface area contributed by atoms with Crippen LogP contribution in [-0.2, 0) is 25.7 Å². The Bertz CT molecular complexity index is 768. The third-order valence-electron chi connectivity index (χ3n) is 4.31. The molecule has 0 fully saturated rings. The Balaban J connectivity index is 1.58. The van der Waals surface area contributed by atoms with Crippen LogP contribution in [0.2, 0.25) is 0 Å². The molecule has 0 unspecified atom stereocenters. The van der Waals surface area contributed by atoms with Crippen LogP contribution in [-0.4, -0.2) is 34.0 Å². The maximum absolute atomic E-state index is 12.8. The molecule has 2 aromatic rings. The summed E-state index contributed by atoms with van der Waals surface area (Å²) in [6.45, 7) is 1.99. The quantitative estimate of drug-likeness (QED) is 0.878. The van der Waals surface area contributed by atoms with Crippen LogP contribution in [0.5, 0.6) is 0 Å². The number of imidazole rings is 1. The fraction of sp³-hybridized carbons (Fsp3) is 0.500. The van der Waals surface area contributed by atoms with Gasteiger partial charge in [-0.15, -0.1) is 11.3 Å². The Morgan fingerprint density at radius 1 is 1.52 bits per heavy atom. The van der Waals surface area contributed by atoms with Gasteiger partial charge in [0, 0.05) is 42.5 Å². The van der Waals surface area contributed by atoms with Gasteiger partial charge in [-0.3, -0.25) is 4.79 Å². The van der Waals surface area contributed by atoms with Crippen molar-refractivity contribution in [1.29, 1.82) is 0 Å². The molecule has 3 heterocycles. The Labute approximate surface area is 147 Å². The summed E-state index contributed by atoms with van der Waals surface area (Å²) in [5.74, 6) is 0.337. The third-order valence-corrected chi connectivity index (χ3v) is 5.24. The first-order chi connectivity index (χ1) is 11.7. The Kier molecular flexibility index (Phi) is 4.88. The van der Waals surface area contributed by atoms with Gasteiger partial charge in [0.05, 0.1) is 5.56 Å². The van der Waals surface area contributed by atoms with Gasteiger partial charge < -0.3 is 15.2 Å². The van der Waals surface area contributed by atoms with Crippen LogP contribution < -0.4 is 5.73 Å². The van der Waals surface area contributed by atoms with Gasteiger partial charge in [0.25, 0.3) is 0 Å². The number of nitrogens with two attached hydrogens (primary N) is 1. The molecule has 2 N–H and O–H groups in total.